The summed E-state index contributed by atoms with van der Waals surface area (Å²) in [4.78, 5) is 14.8. The normalized spacial score (nSPS) is 14.6. The average molecular weight is 728 g/mol. The lowest BCUT2D eigenvalue weighted by Crippen LogP contribution is -2.01. The number of fused-ring (bicyclic) bond motifs is 6. The van der Waals surface area contributed by atoms with Crippen LogP contribution in [0.2, 0.25) is 0 Å². The molecule has 0 N–H and O–H groups in total. The summed E-state index contributed by atoms with van der Waals surface area (Å²) in [5.41, 5.74) is 5.45. The van der Waals surface area contributed by atoms with Gasteiger partial charge in [-0.2, -0.15) is 0 Å². The van der Waals surface area contributed by atoms with Crippen LogP contribution in [0, 0.1) is 0 Å². The molecule has 0 aliphatic rings. The Morgan fingerprint density at radius 2 is 0.750 bits per heavy atom. The molecule has 5 nitrogen and oxygen atoms in total. The van der Waals surface area contributed by atoms with E-state index in [9.17, 15) is 2.74 Å². The van der Waals surface area contributed by atoms with Gasteiger partial charge in [0.05, 0.1) is 38.5 Å². The van der Waals surface area contributed by atoms with Crippen molar-refractivity contribution < 1.29 is 16.4 Å². The molecule has 0 atom stereocenters. The molecule has 0 fully saturated rings. The zero-order chi connectivity index (χ0) is 47.4. The summed E-state index contributed by atoms with van der Waals surface area (Å²) in [5, 5.41) is 0.343. The maximum absolute atomic E-state index is 9.26. The largest absolute Gasteiger partial charge is 0.309 e. The van der Waals surface area contributed by atoms with E-state index < -0.39 is 60.4 Å². The highest BCUT2D eigenvalue weighted by atomic mass is 15.0. The molecule has 11 aromatic rings. The first-order valence-electron chi connectivity index (χ1n) is 23.9. The van der Waals surface area contributed by atoms with Gasteiger partial charge in [0.15, 0.2) is 17.5 Å². The molecule has 5 heteroatoms. The van der Waals surface area contributed by atoms with Crippen LogP contribution in [0.4, 0.5) is 0 Å². The minimum Gasteiger partial charge on any atom is -0.309 e. The Labute approximate surface area is 340 Å². The van der Waals surface area contributed by atoms with Gasteiger partial charge in [0, 0.05) is 49.6 Å². The van der Waals surface area contributed by atoms with Crippen LogP contribution in [-0.4, -0.2) is 24.1 Å². The number of hydrogen-bond acceptors (Lipinski definition) is 3. The minimum absolute atomic E-state index is 0.0746. The van der Waals surface area contributed by atoms with Gasteiger partial charge in [-0.05, 0) is 59.6 Å². The smallest absolute Gasteiger partial charge is 0.164 e. The topological polar surface area (TPSA) is 48.5 Å². The van der Waals surface area contributed by atoms with Crippen LogP contribution in [0.5, 0.6) is 0 Å². The lowest BCUT2D eigenvalue weighted by atomic mass is 10.0. The minimum atomic E-state index is -0.562. The molecule has 262 valence electrons. The van der Waals surface area contributed by atoms with E-state index in [2.05, 4.69) is 0 Å². The molecule has 3 heterocycles. The molecule has 0 radical (unpaired) electrons. The standard InChI is InChI=1S/C51H33N5/c1-3-14-34(15-4-1)35-26-28-37(29-27-35)50-52-49(36-16-5-2-6-17-36)53-51(54-50)38-18-13-19-39(32-38)55-47-25-12-9-22-43(47)44-33-40(30-31-48(44)55)56-45-23-10-7-20-41(45)42-21-8-11-24-46(42)56/h1-33H/i7D,8D,9D,10D,11D,12D,20D,21D,22D,23D,24D,25D. The zero-order valence-corrected chi connectivity index (χ0v) is 29.4. The van der Waals surface area contributed by atoms with E-state index in [1.54, 1.807) is 34.9 Å². The third-order valence-corrected chi connectivity index (χ3v) is 9.95. The highest BCUT2D eigenvalue weighted by molar-refractivity contribution is 6.12. The Balaban J connectivity index is 1.15. The maximum atomic E-state index is 9.26. The summed E-state index contributed by atoms with van der Waals surface area (Å²) >= 11 is 0. The average Bonchev–Trinajstić information content (AvgIpc) is 3.92. The molecule has 0 amide bonds. The second kappa shape index (κ2) is 13.0. The molecule has 56 heavy (non-hydrogen) atoms. The molecule has 0 aliphatic carbocycles. The van der Waals surface area contributed by atoms with Crippen molar-refractivity contribution in [3.8, 4) is 56.7 Å². The van der Waals surface area contributed by atoms with E-state index in [-0.39, 0.29) is 50.5 Å². The van der Waals surface area contributed by atoms with Crippen molar-refractivity contribution in [3.63, 3.8) is 0 Å². The van der Waals surface area contributed by atoms with Crippen molar-refractivity contribution in [1.82, 2.24) is 24.1 Å². The van der Waals surface area contributed by atoms with Gasteiger partial charge in [0.1, 0.15) is 0 Å². The van der Waals surface area contributed by atoms with Crippen LogP contribution in [-0.2, 0) is 0 Å². The molecule has 8 aromatic carbocycles. The first-order valence-corrected chi connectivity index (χ1v) is 17.9. The second-order valence-electron chi connectivity index (χ2n) is 13.2. The monoisotopic (exact) mass is 727 g/mol. The van der Waals surface area contributed by atoms with E-state index in [0.717, 1.165) is 22.3 Å². The number of para-hydroxylation sites is 3. The van der Waals surface area contributed by atoms with Crippen LogP contribution in [0.1, 0.15) is 16.4 Å². The Kier molecular flexibility index (Phi) is 5.10. The Bertz CT molecular complexity index is 3850. The van der Waals surface area contributed by atoms with Crippen LogP contribution >= 0.6 is 0 Å². The highest BCUT2D eigenvalue weighted by Crippen LogP contribution is 2.37. The van der Waals surface area contributed by atoms with Crippen molar-refractivity contribution in [2.24, 2.45) is 0 Å². The highest BCUT2D eigenvalue weighted by Gasteiger charge is 2.18. The summed E-state index contributed by atoms with van der Waals surface area (Å²) in [5.74, 6) is 1.24. The number of hydrogen-bond donors (Lipinski definition) is 0. The summed E-state index contributed by atoms with van der Waals surface area (Å²) in [6, 6.07) is 34.1. The third kappa shape index (κ3) is 5.29. The van der Waals surface area contributed by atoms with Crippen LogP contribution < -0.4 is 0 Å². The van der Waals surface area contributed by atoms with Gasteiger partial charge in [0.2, 0.25) is 0 Å². The van der Waals surface area contributed by atoms with Gasteiger partial charge in [0.25, 0.3) is 0 Å². The van der Waals surface area contributed by atoms with Crippen molar-refractivity contribution in [1.29, 1.82) is 0 Å². The van der Waals surface area contributed by atoms with Gasteiger partial charge in [-0.25, -0.2) is 15.0 Å². The molecule has 0 aliphatic heterocycles. The molecule has 11 rings (SSSR count). The first kappa shape index (κ1) is 21.9. The van der Waals surface area contributed by atoms with Crippen molar-refractivity contribution in [2.75, 3.05) is 0 Å². The van der Waals surface area contributed by atoms with Crippen LogP contribution in [0.25, 0.3) is 100 Å². The van der Waals surface area contributed by atoms with Gasteiger partial charge < -0.3 is 9.13 Å². The molecule has 0 bridgehead atoms. The fourth-order valence-corrected chi connectivity index (χ4v) is 7.37. The molecular weight excluding hydrogens is 683 g/mol. The third-order valence-electron chi connectivity index (χ3n) is 9.95. The van der Waals surface area contributed by atoms with Crippen molar-refractivity contribution in [3.05, 3.63) is 200 Å². The van der Waals surface area contributed by atoms with Gasteiger partial charge in [-0.1, -0.05) is 151 Å². The quantitative estimate of drug-likeness (QED) is 0.171. The summed E-state index contributed by atoms with van der Waals surface area (Å²) in [6.07, 6.45) is 0. The molecular formula is C51H33N5. The molecule has 0 spiro atoms. The number of benzene rings is 8. The van der Waals surface area contributed by atoms with Gasteiger partial charge in [-0.3, -0.25) is 0 Å². The Morgan fingerprint density at radius 1 is 0.321 bits per heavy atom. The van der Waals surface area contributed by atoms with E-state index in [4.69, 9.17) is 28.7 Å². The van der Waals surface area contributed by atoms with E-state index >= 15 is 0 Å². The SMILES string of the molecule is [2H]c1c([2H])c([2H])c2c(c1[2H])c1cc(-n3c4c([2H])c([2H])c([2H])c([2H])c4c4c([2H])c([2H])c([2H])c([2H])c43)ccc1n2-c1cccc(-c2nc(-c3ccccc3)nc(-c3ccc(-c4ccccc4)cc3)n2)c1. The second-order valence-corrected chi connectivity index (χ2v) is 13.2. The predicted octanol–water partition coefficient (Wildman–Crippen LogP) is 12.7. The van der Waals surface area contributed by atoms with E-state index in [1.807, 2.05) is 97.1 Å². The van der Waals surface area contributed by atoms with Gasteiger partial charge in [-0.15, -0.1) is 0 Å². The fourth-order valence-electron chi connectivity index (χ4n) is 7.37. The fraction of sp³-hybridized carbons (Fsp3) is 0. The molecule has 0 saturated carbocycles. The van der Waals surface area contributed by atoms with Gasteiger partial charge >= 0.3 is 0 Å². The molecule has 3 aromatic heterocycles. The Morgan fingerprint density at radius 3 is 1.36 bits per heavy atom. The van der Waals surface area contributed by atoms with Crippen molar-refractivity contribution in [2.45, 2.75) is 0 Å². The van der Waals surface area contributed by atoms with Crippen LogP contribution in [0.3, 0.4) is 0 Å². The van der Waals surface area contributed by atoms with Crippen LogP contribution in [0.15, 0.2) is 200 Å². The lowest BCUT2D eigenvalue weighted by Gasteiger charge is -2.12. The zero-order valence-electron chi connectivity index (χ0n) is 41.4. The summed E-state index contributed by atoms with van der Waals surface area (Å²) in [7, 11) is 0. The maximum Gasteiger partial charge on any atom is 0.164 e. The summed E-state index contributed by atoms with van der Waals surface area (Å²) < 4.78 is 109. The number of nitrogens with zero attached hydrogens (tertiary/aromatic N) is 5. The van der Waals surface area contributed by atoms with Crippen molar-refractivity contribution >= 4 is 43.6 Å². The van der Waals surface area contributed by atoms with E-state index in [0.29, 0.717) is 39.6 Å². The lowest BCUT2D eigenvalue weighted by molar-refractivity contribution is 1.07. The molecule has 0 saturated heterocycles. The number of rotatable bonds is 6. The first-order chi connectivity index (χ1) is 32.7. The van der Waals surface area contributed by atoms with E-state index in [1.165, 1.54) is 4.57 Å². The Hall–Kier alpha value is -7.63. The summed E-state index contributed by atoms with van der Waals surface area (Å²) in [6.45, 7) is 0. The molecule has 0 unspecified atom stereocenters. The number of aromatic nitrogens is 5. The predicted molar refractivity (Wildman–Crippen MR) is 230 cm³/mol.